The van der Waals surface area contributed by atoms with Gasteiger partial charge in [0.15, 0.2) is 0 Å². The van der Waals surface area contributed by atoms with Crippen LogP contribution in [0.25, 0.3) is 0 Å². The highest BCUT2D eigenvalue weighted by Gasteiger charge is 2.38. The molecule has 11 heteroatoms. The minimum atomic E-state index is -5.08. The molecule has 0 saturated carbocycles. The molecule has 0 radical (unpaired) electrons. The summed E-state index contributed by atoms with van der Waals surface area (Å²) in [6.45, 7) is 4.81. The van der Waals surface area contributed by atoms with Crippen molar-refractivity contribution in [1.82, 2.24) is 24.2 Å². The number of fused-ring (bicyclic) bond motifs is 1. The van der Waals surface area contributed by atoms with Crippen molar-refractivity contribution in [3.05, 3.63) is 58.6 Å². The third kappa shape index (κ3) is 5.42. The van der Waals surface area contributed by atoms with Gasteiger partial charge in [-0.15, -0.1) is 11.3 Å². The van der Waals surface area contributed by atoms with E-state index in [1.165, 1.54) is 10.7 Å². The molecule has 0 aliphatic carbocycles. The van der Waals surface area contributed by atoms with Gasteiger partial charge >= 0.3 is 12.1 Å². The Balaban J connectivity index is 0.000000279. The van der Waals surface area contributed by atoms with Crippen LogP contribution < -0.4 is 0 Å². The Kier molecular flexibility index (Phi) is 6.15. The number of carboxylic acids is 1. The standard InChI is InChI=1S/C15H17N5S.C2HF3O2/c1-3-14(21-8-1)11-18-6-7-19-9-13(17-15(19)12-18)10-20-5-2-4-16-20;3-2(4,5)1(6)7/h1-5,8-9H,6-7,10-12H2;(H,6,7). The third-order valence-electron chi connectivity index (χ3n) is 4.02. The summed E-state index contributed by atoms with van der Waals surface area (Å²) in [5, 5.41) is 13.5. The van der Waals surface area contributed by atoms with Crippen molar-refractivity contribution >= 4 is 17.3 Å². The highest BCUT2D eigenvalue weighted by Crippen LogP contribution is 2.18. The number of alkyl halides is 3. The van der Waals surface area contributed by atoms with Crippen molar-refractivity contribution in [3.63, 3.8) is 0 Å². The first-order chi connectivity index (χ1) is 13.3. The summed E-state index contributed by atoms with van der Waals surface area (Å²) in [7, 11) is 0. The Morgan fingerprint density at radius 3 is 2.64 bits per heavy atom. The SMILES string of the molecule is O=C(O)C(F)(F)F.c1csc(CN2CCn3cc(Cn4cccn4)nc3C2)c1. The molecule has 0 saturated heterocycles. The summed E-state index contributed by atoms with van der Waals surface area (Å²) in [5.41, 5.74) is 1.09. The predicted octanol–water partition coefficient (Wildman–Crippen LogP) is 2.84. The monoisotopic (exact) mass is 413 g/mol. The zero-order valence-corrected chi connectivity index (χ0v) is 15.5. The summed E-state index contributed by atoms with van der Waals surface area (Å²) in [6.07, 6.45) is 0.861. The van der Waals surface area contributed by atoms with Gasteiger partial charge in [0.2, 0.25) is 0 Å². The van der Waals surface area contributed by atoms with Gasteiger partial charge in [0.25, 0.3) is 0 Å². The normalized spacial score (nSPS) is 14.2. The largest absolute Gasteiger partial charge is 0.490 e. The van der Waals surface area contributed by atoms with Gasteiger partial charge < -0.3 is 9.67 Å². The molecular weight excluding hydrogens is 395 g/mol. The number of nitrogens with zero attached hydrogens (tertiary/aromatic N) is 5. The van der Waals surface area contributed by atoms with Gasteiger partial charge in [0, 0.05) is 43.1 Å². The van der Waals surface area contributed by atoms with E-state index in [0.717, 1.165) is 38.4 Å². The van der Waals surface area contributed by atoms with E-state index in [9.17, 15) is 13.2 Å². The summed E-state index contributed by atoms with van der Waals surface area (Å²) in [6, 6.07) is 6.26. The van der Waals surface area contributed by atoms with E-state index in [1.807, 2.05) is 28.3 Å². The lowest BCUT2D eigenvalue weighted by Crippen LogP contribution is -2.32. The molecule has 0 unspecified atom stereocenters. The molecule has 1 aliphatic heterocycles. The molecule has 1 aliphatic rings. The van der Waals surface area contributed by atoms with E-state index < -0.39 is 12.1 Å². The highest BCUT2D eigenvalue weighted by atomic mass is 32.1. The van der Waals surface area contributed by atoms with Crippen molar-refractivity contribution in [3.8, 4) is 0 Å². The molecule has 1 N–H and O–H groups in total. The van der Waals surface area contributed by atoms with Gasteiger partial charge in [-0.05, 0) is 17.5 Å². The molecule has 0 fully saturated rings. The first-order valence-electron chi connectivity index (χ1n) is 8.38. The highest BCUT2D eigenvalue weighted by molar-refractivity contribution is 7.09. The van der Waals surface area contributed by atoms with Crippen LogP contribution in [0.5, 0.6) is 0 Å². The van der Waals surface area contributed by atoms with Crippen LogP contribution in [0.3, 0.4) is 0 Å². The number of aromatic nitrogens is 4. The Morgan fingerprint density at radius 1 is 1.25 bits per heavy atom. The molecule has 3 aromatic rings. The maximum atomic E-state index is 10.6. The minimum absolute atomic E-state index is 0.748. The number of hydrogen-bond donors (Lipinski definition) is 1. The maximum absolute atomic E-state index is 10.6. The summed E-state index contributed by atoms with van der Waals surface area (Å²) >= 11 is 1.83. The summed E-state index contributed by atoms with van der Waals surface area (Å²) in [5.74, 6) is -1.59. The Bertz CT molecular complexity index is 891. The maximum Gasteiger partial charge on any atom is 0.490 e. The molecule has 0 bridgehead atoms. The fourth-order valence-electron chi connectivity index (χ4n) is 2.76. The first kappa shape index (κ1) is 20.1. The number of thiophene rings is 1. The molecule has 0 spiro atoms. The van der Waals surface area contributed by atoms with Crippen LogP contribution in [0.2, 0.25) is 0 Å². The van der Waals surface area contributed by atoms with E-state index >= 15 is 0 Å². The molecule has 0 atom stereocenters. The molecule has 28 heavy (non-hydrogen) atoms. The number of rotatable bonds is 4. The topological polar surface area (TPSA) is 76.2 Å². The fraction of sp³-hybridized carbons (Fsp3) is 0.353. The average molecular weight is 413 g/mol. The van der Waals surface area contributed by atoms with Crippen LogP contribution in [-0.2, 0) is 31.0 Å². The van der Waals surface area contributed by atoms with Gasteiger partial charge in [-0.3, -0.25) is 9.58 Å². The molecule has 0 amide bonds. The van der Waals surface area contributed by atoms with E-state index in [0.29, 0.717) is 0 Å². The van der Waals surface area contributed by atoms with Crippen LogP contribution in [0.4, 0.5) is 13.2 Å². The van der Waals surface area contributed by atoms with Crippen molar-refractivity contribution < 1.29 is 23.1 Å². The molecule has 150 valence electrons. The third-order valence-corrected chi connectivity index (χ3v) is 4.88. The summed E-state index contributed by atoms with van der Waals surface area (Å²) in [4.78, 5) is 17.6. The Labute approximate surface area is 162 Å². The number of halogens is 3. The van der Waals surface area contributed by atoms with Crippen LogP contribution in [0.15, 0.2) is 42.2 Å². The molecule has 3 aromatic heterocycles. The molecule has 4 heterocycles. The smallest absolute Gasteiger partial charge is 0.475 e. The van der Waals surface area contributed by atoms with Crippen LogP contribution in [-0.4, -0.2) is 48.0 Å². The minimum Gasteiger partial charge on any atom is -0.475 e. The lowest BCUT2D eigenvalue weighted by molar-refractivity contribution is -0.192. The molecular formula is C17H18F3N5O2S. The van der Waals surface area contributed by atoms with E-state index in [-0.39, 0.29) is 0 Å². The first-order valence-corrected chi connectivity index (χ1v) is 9.26. The van der Waals surface area contributed by atoms with Crippen LogP contribution in [0.1, 0.15) is 16.4 Å². The van der Waals surface area contributed by atoms with E-state index in [4.69, 9.17) is 14.9 Å². The van der Waals surface area contributed by atoms with Gasteiger partial charge in [-0.25, -0.2) is 9.78 Å². The van der Waals surface area contributed by atoms with Gasteiger partial charge in [-0.1, -0.05) is 6.07 Å². The van der Waals surface area contributed by atoms with Crippen molar-refractivity contribution in [2.45, 2.75) is 32.4 Å². The fourth-order valence-corrected chi connectivity index (χ4v) is 3.50. The second-order valence-electron chi connectivity index (χ2n) is 6.14. The van der Waals surface area contributed by atoms with Crippen LogP contribution in [0, 0.1) is 0 Å². The number of aliphatic carboxylic acids is 1. The predicted molar refractivity (Wildman–Crippen MR) is 95.7 cm³/mol. The van der Waals surface area contributed by atoms with E-state index in [2.05, 4.69) is 38.3 Å². The number of carboxylic acid groups (broad SMARTS) is 1. The number of imidazole rings is 1. The van der Waals surface area contributed by atoms with Gasteiger partial charge in [0.1, 0.15) is 5.82 Å². The second-order valence-corrected chi connectivity index (χ2v) is 7.17. The summed E-state index contributed by atoms with van der Waals surface area (Å²) < 4.78 is 35.9. The zero-order chi connectivity index (χ0) is 20.1. The van der Waals surface area contributed by atoms with Gasteiger partial charge in [-0.2, -0.15) is 18.3 Å². The zero-order valence-electron chi connectivity index (χ0n) is 14.7. The van der Waals surface area contributed by atoms with E-state index in [1.54, 1.807) is 6.20 Å². The average Bonchev–Trinajstić information content (AvgIpc) is 3.36. The van der Waals surface area contributed by atoms with Crippen LogP contribution >= 0.6 is 11.3 Å². The quantitative estimate of drug-likeness (QED) is 0.712. The lowest BCUT2D eigenvalue weighted by Gasteiger charge is -2.26. The molecule has 4 rings (SSSR count). The van der Waals surface area contributed by atoms with Crippen molar-refractivity contribution in [2.75, 3.05) is 6.54 Å². The lowest BCUT2D eigenvalue weighted by atomic mass is 10.3. The molecule has 0 aromatic carbocycles. The van der Waals surface area contributed by atoms with Crippen molar-refractivity contribution in [1.29, 1.82) is 0 Å². The Hall–Kier alpha value is -2.66. The van der Waals surface area contributed by atoms with Gasteiger partial charge in [0.05, 0.1) is 18.8 Å². The van der Waals surface area contributed by atoms with Crippen molar-refractivity contribution in [2.24, 2.45) is 0 Å². The second kappa shape index (κ2) is 8.57. The number of hydrogen-bond acceptors (Lipinski definition) is 5. The molecule has 7 nitrogen and oxygen atoms in total. The Morgan fingerprint density at radius 2 is 2.04 bits per heavy atom. The number of carbonyl (C=O) groups is 1.